The highest BCUT2D eigenvalue weighted by molar-refractivity contribution is 5.71. The van der Waals surface area contributed by atoms with Crippen LogP contribution >= 0.6 is 0 Å². The first-order valence-corrected chi connectivity index (χ1v) is 3.61. The van der Waals surface area contributed by atoms with Crippen molar-refractivity contribution in [3.63, 3.8) is 0 Å². The molecule has 0 aliphatic heterocycles. The molecule has 10 heavy (non-hydrogen) atoms. The average Bonchev–Trinajstić information content (AvgIpc) is 2.54. The Kier molecular flexibility index (Phi) is 1.06. The number of carboxylic acids is 1. The molecule has 0 aromatic heterocycles. The maximum Gasteiger partial charge on any atom is 0.309 e. The summed E-state index contributed by atoms with van der Waals surface area (Å²) in [5.74, 6) is -0.458. The Hall–Kier alpha value is -0.570. The van der Waals surface area contributed by atoms with Crippen LogP contribution in [0.15, 0.2) is 0 Å². The van der Waals surface area contributed by atoms with Crippen molar-refractivity contribution < 1.29 is 15.0 Å². The quantitative estimate of drug-likeness (QED) is 0.545. The van der Waals surface area contributed by atoms with Crippen LogP contribution in [-0.4, -0.2) is 22.3 Å². The van der Waals surface area contributed by atoms with E-state index in [1.54, 1.807) is 0 Å². The van der Waals surface area contributed by atoms with Crippen LogP contribution in [0.3, 0.4) is 0 Å². The molecule has 0 amide bonds. The molecule has 2 aliphatic carbocycles. The van der Waals surface area contributed by atoms with Gasteiger partial charge < -0.3 is 10.2 Å². The zero-order valence-electron chi connectivity index (χ0n) is 5.53. The molecule has 3 heteroatoms. The second kappa shape index (κ2) is 1.72. The molecule has 0 saturated heterocycles. The molecule has 2 N–H and O–H groups in total. The van der Waals surface area contributed by atoms with Crippen LogP contribution in [0, 0.1) is 17.8 Å². The Bertz CT molecular complexity index is 178. The minimum Gasteiger partial charge on any atom is -0.481 e. The van der Waals surface area contributed by atoms with Gasteiger partial charge >= 0.3 is 5.97 Å². The van der Waals surface area contributed by atoms with E-state index >= 15 is 0 Å². The second-order valence-corrected chi connectivity index (χ2v) is 3.33. The monoisotopic (exact) mass is 142 g/mol. The molecule has 2 rings (SSSR count). The van der Waals surface area contributed by atoms with Gasteiger partial charge in [0.1, 0.15) is 0 Å². The molecule has 2 saturated carbocycles. The minimum absolute atomic E-state index is 0.320. The highest BCUT2D eigenvalue weighted by Crippen LogP contribution is 2.54. The number of aliphatic hydroxyl groups excluding tert-OH is 1. The van der Waals surface area contributed by atoms with Gasteiger partial charge in [-0.15, -0.1) is 0 Å². The topological polar surface area (TPSA) is 57.5 Å². The molecule has 0 aromatic carbocycles. The maximum absolute atomic E-state index is 10.4. The summed E-state index contributed by atoms with van der Waals surface area (Å²) in [4.78, 5) is 10.4. The van der Waals surface area contributed by atoms with Gasteiger partial charge in [0.15, 0.2) is 0 Å². The standard InChI is InChI=1S/C7H10O3/c8-6-4-1-3(4)2-5(6)7(9)10/h3-6,8H,1-2H2,(H,9,10). The fourth-order valence-electron chi connectivity index (χ4n) is 1.97. The molecular weight excluding hydrogens is 132 g/mol. The highest BCUT2D eigenvalue weighted by Gasteiger charge is 2.55. The van der Waals surface area contributed by atoms with Gasteiger partial charge in [-0.1, -0.05) is 0 Å². The number of hydrogen-bond acceptors (Lipinski definition) is 2. The van der Waals surface area contributed by atoms with Gasteiger partial charge in [0.2, 0.25) is 0 Å². The van der Waals surface area contributed by atoms with E-state index in [0.29, 0.717) is 18.3 Å². The first-order valence-electron chi connectivity index (χ1n) is 3.61. The molecule has 0 heterocycles. The Labute approximate surface area is 58.7 Å². The summed E-state index contributed by atoms with van der Waals surface area (Å²) in [7, 11) is 0. The van der Waals surface area contributed by atoms with E-state index in [2.05, 4.69) is 0 Å². The minimum atomic E-state index is -0.834. The lowest BCUT2D eigenvalue weighted by Gasteiger charge is -2.11. The van der Waals surface area contributed by atoms with Crippen LogP contribution in [0.4, 0.5) is 0 Å². The van der Waals surface area contributed by atoms with E-state index in [9.17, 15) is 9.90 Å². The lowest BCUT2D eigenvalue weighted by molar-refractivity contribution is -0.145. The average molecular weight is 142 g/mol. The summed E-state index contributed by atoms with van der Waals surface area (Å²) in [6.07, 6.45) is 1.19. The smallest absolute Gasteiger partial charge is 0.309 e. The third-order valence-corrected chi connectivity index (χ3v) is 2.70. The van der Waals surface area contributed by atoms with Gasteiger partial charge in [0, 0.05) is 0 Å². The molecule has 2 aliphatic rings. The lowest BCUT2D eigenvalue weighted by Crippen LogP contribution is -2.25. The Morgan fingerprint density at radius 1 is 1.40 bits per heavy atom. The molecule has 0 bridgehead atoms. The molecule has 3 nitrogen and oxygen atoms in total. The van der Waals surface area contributed by atoms with E-state index in [1.807, 2.05) is 0 Å². The van der Waals surface area contributed by atoms with Crippen molar-refractivity contribution >= 4 is 5.97 Å². The van der Waals surface area contributed by atoms with Crippen molar-refractivity contribution in [1.29, 1.82) is 0 Å². The Morgan fingerprint density at radius 2 is 2.10 bits per heavy atom. The molecule has 56 valence electrons. The summed E-state index contributed by atoms with van der Waals surface area (Å²) >= 11 is 0. The van der Waals surface area contributed by atoms with Gasteiger partial charge in [-0.3, -0.25) is 4.79 Å². The van der Waals surface area contributed by atoms with Crippen molar-refractivity contribution in [3.8, 4) is 0 Å². The van der Waals surface area contributed by atoms with Gasteiger partial charge in [-0.05, 0) is 24.7 Å². The number of aliphatic carboxylic acids is 1. The Morgan fingerprint density at radius 3 is 2.40 bits per heavy atom. The number of aliphatic hydroxyl groups is 1. The lowest BCUT2D eigenvalue weighted by atomic mass is 10.0. The van der Waals surface area contributed by atoms with Crippen molar-refractivity contribution in [3.05, 3.63) is 0 Å². The zero-order chi connectivity index (χ0) is 7.30. The first kappa shape index (κ1) is 6.16. The van der Waals surface area contributed by atoms with Crippen molar-refractivity contribution in [1.82, 2.24) is 0 Å². The summed E-state index contributed by atoms with van der Waals surface area (Å²) in [5.41, 5.74) is 0. The van der Waals surface area contributed by atoms with Crippen LogP contribution in [0.25, 0.3) is 0 Å². The van der Waals surface area contributed by atoms with Crippen LogP contribution in [0.1, 0.15) is 12.8 Å². The van der Waals surface area contributed by atoms with Crippen molar-refractivity contribution in [2.45, 2.75) is 18.9 Å². The first-order chi connectivity index (χ1) is 4.70. The fourth-order valence-corrected chi connectivity index (χ4v) is 1.97. The molecule has 0 aromatic rings. The van der Waals surface area contributed by atoms with E-state index in [-0.39, 0.29) is 0 Å². The SMILES string of the molecule is O=C(O)C1CC2CC2C1O. The Balaban J connectivity index is 2.07. The fraction of sp³-hybridized carbons (Fsp3) is 0.857. The van der Waals surface area contributed by atoms with E-state index < -0.39 is 18.0 Å². The van der Waals surface area contributed by atoms with Gasteiger partial charge in [0.25, 0.3) is 0 Å². The van der Waals surface area contributed by atoms with Gasteiger partial charge in [0.05, 0.1) is 12.0 Å². The van der Waals surface area contributed by atoms with Gasteiger partial charge in [-0.25, -0.2) is 0 Å². The van der Waals surface area contributed by atoms with E-state index in [1.165, 1.54) is 0 Å². The van der Waals surface area contributed by atoms with Gasteiger partial charge in [-0.2, -0.15) is 0 Å². The van der Waals surface area contributed by atoms with Crippen LogP contribution < -0.4 is 0 Å². The third kappa shape index (κ3) is 0.669. The summed E-state index contributed by atoms with van der Waals surface area (Å²) in [5, 5.41) is 17.9. The van der Waals surface area contributed by atoms with Crippen molar-refractivity contribution in [2.24, 2.45) is 17.8 Å². The molecule has 2 fully saturated rings. The van der Waals surface area contributed by atoms with Crippen LogP contribution in [0.2, 0.25) is 0 Å². The molecule has 0 radical (unpaired) electrons. The van der Waals surface area contributed by atoms with E-state index in [0.717, 1.165) is 6.42 Å². The summed E-state index contributed by atoms with van der Waals surface area (Å²) in [6, 6.07) is 0. The highest BCUT2D eigenvalue weighted by atomic mass is 16.4. The zero-order valence-corrected chi connectivity index (χ0v) is 5.53. The number of carbonyl (C=O) groups is 1. The molecular formula is C7H10O3. The number of fused-ring (bicyclic) bond motifs is 1. The molecule has 4 unspecified atom stereocenters. The summed E-state index contributed by atoms with van der Waals surface area (Å²) in [6.45, 7) is 0. The maximum atomic E-state index is 10.4. The second-order valence-electron chi connectivity index (χ2n) is 3.33. The molecule has 4 atom stereocenters. The van der Waals surface area contributed by atoms with Crippen LogP contribution in [0.5, 0.6) is 0 Å². The largest absolute Gasteiger partial charge is 0.481 e. The van der Waals surface area contributed by atoms with Crippen LogP contribution in [-0.2, 0) is 4.79 Å². The summed E-state index contributed by atoms with van der Waals surface area (Å²) < 4.78 is 0. The predicted molar refractivity (Wildman–Crippen MR) is 33.3 cm³/mol. The predicted octanol–water partition coefficient (Wildman–Crippen LogP) is 0.0879. The van der Waals surface area contributed by atoms with Crippen molar-refractivity contribution in [2.75, 3.05) is 0 Å². The third-order valence-electron chi connectivity index (χ3n) is 2.70. The van der Waals surface area contributed by atoms with E-state index in [4.69, 9.17) is 5.11 Å². The molecule has 0 spiro atoms. The number of carboxylic acid groups (broad SMARTS) is 1. The number of rotatable bonds is 1. The normalized spacial score (nSPS) is 50.5. The number of hydrogen-bond donors (Lipinski definition) is 2.